The molecule has 2 amide bonds. The van der Waals surface area contributed by atoms with Crippen LogP contribution in [0.4, 0.5) is 4.39 Å². The fraction of sp³-hybridized carbons (Fsp3) is 0.0909. The first-order valence-corrected chi connectivity index (χ1v) is 11.4. The third-order valence-electron chi connectivity index (χ3n) is 4.30. The molecule has 0 spiro atoms. The summed E-state index contributed by atoms with van der Waals surface area (Å²) < 4.78 is 46.3. The SMILES string of the molecule is O=C(COc1ccccc1F)NNC(=O)c1ccc(Cl)c(S(=O)(=O)NCc2ccccc2)c1. The number of carbonyl (C=O) groups excluding carboxylic acids is 2. The number of sulfonamides is 1. The number of ether oxygens (including phenoxy) is 1. The van der Waals surface area contributed by atoms with E-state index in [4.69, 9.17) is 16.3 Å². The Morgan fingerprint density at radius 1 is 0.939 bits per heavy atom. The number of carbonyl (C=O) groups is 2. The van der Waals surface area contributed by atoms with Crippen LogP contribution in [-0.4, -0.2) is 26.8 Å². The summed E-state index contributed by atoms with van der Waals surface area (Å²) in [7, 11) is -4.02. The minimum Gasteiger partial charge on any atom is -0.481 e. The molecular formula is C22H19ClFN3O5S. The van der Waals surface area contributed by atoms with Crippen molar-refractivity contribution in [1.29, 1.82) is 0 Å². The van der Waals surface area contributed by atoms with Crippen LogP contribution in [0.5, 0.6) is 5.75 Å². The summed E-state index contributed by atoms with van der Waals surface area (Å²) in [6, 6.07) is 18.1. The normalized spacial score (nSPS) is 11.0. The van der Waals surface area contributed by atoms with Crippen molar-refractivity contribution < 1.29 is 27.1 Å². The van der Waals surface area contributed by atoms with Crippen molar-refractivity contribution in [3.8, 4) is 5.75 Å². The standard InChI is InChI=1S/C22H19ClFN3O5S/c23-17-11-10-16(12-20(17)33(30,31)25-13-15-6-2-1-3-7-15)22(29)27-26-21(28)14-32-19-9-5-4-8-18(19)24/h1-12,25H,13-14H2,(H,26,28)(H,27,29). The Morgan fingerprint density at radius 3 is 2.36 bits per heavy atom. The minimum atomic E-state index is -4.02. The van der Waals surface area contributed by atoms with Gasteiger partial charge in [0.2, 0.25) is 10.0 Å². The Hall–Kier alpha value is -3.47. The largest absolute Gasteiger partial charge is 0.481 e. The first-order chi connectivity index (χ1) is 15.8. The summed E-state index contributed by atoms with van der Waals surface area (Å²) in [6.45, 7) is -0.515. The van der Waals surface area contributed by atoms with E-state index in [9.17, 15) is 22.4 Å². The van der Waals surface area contributed by atoms with Gasteiger partial charge < -0.3 is 4.74 Å². The number of nitrogens with one attached hydrogen (secondary N) is 3. The quantitative estimate of drug-likeness (QED) is 0.419. The molecular weight excluding hydrogens is 473 g/mol. The topological polar surface area (TPSA) is 114 Å². The van der Waals surface area contributed by atoms with E-state index >= 15 is 0 Å². The summed E-state index contributed by atoms with van der Waals surface area (Å²) in [5.74, 6) is -2.29. The number of hydrazine groups is 1. The van der Waals surface area contributed by atoms with Crippen LogP contribution in [0.3, 0.4) is 0 Å². The van der Waals surface area contributed by atoms with Gasteiger partial charge in [0, 0.05) is 12.1 Å². The molecule has 0 radical (unpaired) electrons. The van der Waals surface area contributed by atoms with Gasteiger partial charge >= 0.3 is 0 Å². The van der Waals surface area contributed by atoms with Crippen molar-refractivity contribution in [3.05, 3.63) is 94.8 Å². The molecule has 172 valence electrons. The molecule has 0 aromatic heterocycles. The second-order valence-corrected chi connectivity index (χ2v) is 8.82. The highest BCUT2D eigenvalue weighted by molar-refractivity contribution is 7.89. The van der Waals surface area contributed by atoms with E-state index in [0.29, 0.717) is 0 Å². The van der Waals surface area contributed by atoms with Gasteiger partial charge in [0.25, 0.3) is 11.8 Å². The van der Waals surface area contributed by atoms with E-state index in [1.165, 1.54) is 30.3 Å². The van der Waals surface area contributed by atoms with Crippen molar-refractivity contribution in [1.82, 2.24) is 15.6 Å². The van der Waals surface area contributed by atoms with E-state index in [-0.39, 0.29) is 27.8 Å². The van der Waals surface area contributed by atoms with E-state index in [1.807, 2.05) is 6.07 Å². The van der Waals surface area contributed by atoms with Gasteiger partial charge in [0.15, 0.2) is 18.2 Å². The van der Waals surface area contributed by atoms with Gasteiger partial charge in [-0.05, 0) is 35.9 Å². The van der Waals surface area contributed by atoms with Crippen LogP contribution >= 0.6 is 11.6 Å². The molecule has 0 atom stereocenters. The second-order valence-electron chi connectivity index (χ2n) is 6.68. The van der Waals surface area contributed by atoms with Crippen molar-refractivity contribution >= 4 is 33.4 Å². The third-order valence-corrected chi connectivity index (χ3v) is 6.19. The molecule has 3 N–H and O–H groups in total. The zero-order valence-corrected chi connectivity index (χ0v) is 18.6. The molecule has 3 rings (SSSR count). The van der Waals surface area contributed by atoms with Crippen molar-refractivity contribution in [3.63, 3.8) is 0 Å². The average molecular weight is 492 g/mol. The lowest BCUT2D eigenvalue weighted by atomic mass is 10.2. The number of benzene rings is 3. The predicted molar refractivity (Wildman–Crippen MR) is 119 cm³/mol. The lowest BCUT2D eigenvalue weighted by molar-refractivity contribution is -0.123. The first kappa shape index (κ1) is 24.2. The second kappa shape index (κ2) is 10.9. The third kappa shape index (κ3) is 6.75. The molecule has 0 unspecified atom stereocenters. The highest BCUT2D eigenvalue weighted by atomic mass is 35.5. The van der Waals surface area contributed by atoms with E-state index in [2.05, 4.69) is 15.6 Å². The van der Waals surface area contributed by atoms with E-state index in [0.717, 1.165) is 11.6 Å². The molecule has 0 bridgehead atoms. The smallest absolute Gasteiger partial charge is 0.276 e. The molecule has 11 heteroatoms. The fourth-order valence-electron chi connectivity index (χ4n) is 2.64. The van der Waals surface area contributed by atoms with Crippen LogP contribution in [0.15, 0.2) is 77.7 Å². The Kier molecular flexibility index (Phi) is 7.99. The summed E-state index contributed by atoms with van der Waals surface area (Å²) in [5.41, 5.74) is 4.92. The van der Waals surface area contributed by atoms with Crippen LogP contribution < -0.4 is 20.3 Å². The number of rotatable bonds is 8. The molecule has 3 aromatic carbocycles. The van der Waals surface area contributed by atoms with Gasteiger partial charge in [-0.15, -0.1) is 0 Å². The van der Waals surface area contributed by atoms with Crippen LogP contribution in [0.1, 0.15) is 15.9 Å². The van der Waals surface area contributed by atoms with Crippen LogP contribution in [0.25, 0.3) is 0 Å². The fourth-order valence-corrected chi connectivity index (χ4v) is 4.18. The van der Waals surface area contributed by atoms with Gasteiger partial charge in [0.1, 0.15) is 4.90 Å². The zero-order chi connectivity index (χ0) is 23.8. The molecule has 0 heterocycles. The molecule has 0 aliphatic carbocycles. The van der Waals surface area contributed by atoms with Gasteiger partial charge in [-0.25, -0.2) is 17.5 Å². The number of hydrogen-bond donors (Lipinski definition) is 3. The molecule has 0 saturated carbocycles. The van der Waals surface area contributed by atoms with Crippen LogP contribution in [0, 0.1) is 5.82 Å². The lowest BCUT2D eigenvalue weighted by Gasteiger charge is -2.12. The first-order valence-electron chi connectivity index (χ1n) is 9.56. The van der Waals surface area contributed by atoms with Gasteiger partial charge in [0.05, 0.1) is 5.02 Å². The Balaban J connectivity index is 1.60. The molecule has 3 aromatic rings. The maximum atomic E-state index is 13.5. The summed E-state index contributed by atoms with van der Waals surface area (Å²) in [6.07, 6.45) is 0. The number of para-hydroxylation sites is 1. The van der Waals surface area contributed by atoms with E-state index in [1.54, 1.807) is 30.3 Å². The predicted octanol–water partition coefficient (Wildman–Crippen LogP) is 2.80. The average Bonchev–Trinajstić information content (AvgIpc) is 2.81. The van der Waals surface area contributed by atoms with Crippen molar-refractivity contribution in [2.45, 2.75) is 11.4 Å². The van der Waals surface area contributed by atoms with Gasteiger partial charge in [-0.3, -0.25) is 20.4 Å². The lowest BCUT2D eigenvalue weighted by Crippen LogP contribution is -2.43. The summed E-state index contributed by atoms with van der Waals surface area (Å²) in [4.78, 5) is 23.9. The molecule has 0 aliphatic rings. The van der Waals surface area contributed by atoms with Gasteiger partial charge in [-0.2, -0.15) is 0 Å². The molecule has 0 fully saturated rings. The number of hydrogen-bond acceptors (Lipinski definition) is 5. The highest BCUT2D eigenvalue weighted by Gasteiger charge is 2.20. The number of amides is 2. The maximum Gasteiger partial charge on any atom is 0.276 e. The highest BCUT2D eigenvalue weighted by Crippen LogP contribution is 2.23. The Bertz CT molecular complexity index is 1260. The maximum absolute atomic E-state index is 13.5. The molecule has 0 saturated heterocycles. The minimum absolute atomic E-state index is 0.0357. The van der Waals surface area contributed by atoms with Crippen molar-refractivity contribution in [2.24, 2.45) is 0 Å². The molecule has 33 heavy (non-hydrogen) atoms. The zero-order valence-electron chi connectivity index (χ0n) is 17.0. The van der Waals surface area contributed by atoms with Crippen molar-refractivity contribution in [2.75, 3.05) is 6.61 Å². The molecule has 8 nitrogen and oxygen atoms in total. The van der Waals surface area contributed by atoms with Crippen LogP contribution in [-0.2, 0) is 21.4 Å². The monoisotopic (exact) mass is 491 g/mol. The van der Waals surface area contributed by atoms with Gasteiger partial charge in [-0.1, -0.05) is 54.1 Å². The molecule has 0 aliphatic heterocycles. The number of halogens is 2. The van der Waals surface area contributed by atoms with Crippen LogP contribution in [0.2, 0.25) is 5.02 Å². The summed E-state index contributed by atoms with van der Waals surface area (Å²) in [5, 5.41) is -0.0746. The Morgan fingerprint density at radius 2 is 1.64 bits per heavy atom. The Labute approximate surface area is 194 Å². The summed E-state index contributed by atoms with van der Waals surface area (Å²) >= 11 is 6.04. The van der Waals surface area contributed by atoms with E-state index < -0.39 is 34.3 Å².